The lowest BCUT2D eigenvalue weighted by atomic mass is 10.1. The fourth-order valence-corrected chi connectivity index (χ4v) is 2.59. The molecule has 0 saturated carbocycles. The van der Waals surface area contributed by atoms with Crippen LogP contribution >= 0.6 is 0 Å². The first-order chi connectivity index (χ1) is 10.7. The Bertz CT molecular complexity index is 479. The number of rotatable bonds is 7. The summed E-state index contributed by atoms with van der Waals surface area (Å²) in [6.45, 7) is 3.39. The highest BCUT2D eigenvalue weighted by molar-refractivity contribution is 5.76. The molecular formula is C17H26N2O3. The van der Waals surface area contributed by atoms with Crippen LogP contribution in [-0.4, -0.2) is 57.3 Å². The quantitative estimate of drug-likeness (QED) is 0.829. The molecule has 1 amide bonds. The van der Waals surface area contributed by atoms with Crippen molar-refractivity contribution < 1.29 is 14.3 Å². The molecule has 0 aromatic heterocycles. The van der Waals surface area contributed by atoms with Gasteiger partial charge in [-0.2, -0.15) is 0 Å². The van der Waals surface area contributed by atoms with Crippen LogP contribution < -0.4 is 10.1 Å². The van der Waals surface area contributed by atoms with Crippen molar-refractivity contribution in [3.05, 3.63) is 29.8 Å². The zero-order chi connectivity index (χ0) is 15.8. The van der Waals surface area contributed by atoms with E-state index in [0.29, 0.717) is 13.0 Å². The molecule has 1 aromatic rings. The Morgan fingerprint density at radius 3 is 3.14 bits per heavy atom. The summed E-state index contributed by atoms with van der Waals surface area (Å²) in [5.41, 5.74) is 1.12. The Morgan fingerprint density at radius 1 is 1.50 bits per heavy atom. The standard InChI is InChI=1S/C17H26N2O3/c1-19-10-11-22-16(13-19)8-9-18-17(20)7-6-14-4-3-5-15(12-14)21-2/h3-5,12,16H,6-11,13H2,1-2H3,(H,18,20). The van der Waals surface area contributed by atoms with Gasteiger partial charge in [-0.15, -0.1) is 0 Å². The highest BCUT2D eigenvalue weighted by atomic mass is 16.5. The molecule has 1 atom stereocenters. The summed E-state index contributed by atoms with van der Waals surface area (Å²) in [6.07, 6.45) is 2.33. The predicted molar refractivity (Wildman–Crippen MR) is 86.2 cm³/mol. The predicted octanol–water partition coefficient (Wildman–Crippen LogP) is 1.46. The summed E-state index contributed by atoms with van der Waals surface area (Å²) in [6, 6.07) is 7.84. The topological polar surface area (TPSA) is 50.8 Å². The molecule has 0 radical (unpaired) electrons. The van der Waals surface area contributed by atoms with Crippen molar-refractivity contribution in [3.63, 3.8) is 0 Å². The van der Waals surface area contributed by atoms with Gasteiger partial charge < -0.3 is 19.7 Å². The van der Waals surface area contributed by atoms with E-state index in [-0.39, 0.29) is 12.0 Å². The Morgan fingerprint density at radius 2 is 2.36 bits per heavy atom. The zero-order valence-electron chi connectivity index (χ0n) is 13.5. The first-order valence-corrected chi connectivity index (χ1v) is 7.87. The van der Waals surface area contributed by atoms with E-state index in [1.165, 1.54) is 0 Å². The van der Waals surface area contributed by atoms with Crippen molar-refractivity contribution in [3.8, 4) is 5.75 Å². The van der Waals surface area contributed by atoms with Crippen LogP contribution in [0, 0.1) is 0 Å². The smallest absolute Gasteiger partial charge is 0.220 e. The van der Waals surface area contributed by atoms with E-state index >= 15 is 0 Å². The molecule has 1 aliphatic rings. The molecule has 2 rings (SSSR count). The van der Waals surface area contributed by atoms with E-state index in [9.17, 15) is 4.79 Å². The second kappa shape index (κ2) is 8.76. The fourth-order valence-electron chi connectivity index (χ4n) is 2.59. The molecule has 5 nitrogen and oxygen atoms in total. The number of carbonyl (C=O) groups is 1. The minimum Gasteiger partial charge on any atom is -0.497 e. The number of nitrogens with zero attached hydrogens (tertiary/aromatic N) is 1. The van der Waals surface area contributed by atoms with Crippen LogP contribution in [0.1, 0.15) is 18.4 Å². The summed E-state index contributed by atoms with van der Waals surface area (Å²) in [7, 11) is 3.75. The molecular weight excluding hydrogens is 280 g/mol. The lowest BCUT2D eigenvalue weighted by Gasteiger charge is -2.30. The van der Waals surface area contributed by atoms with E-state index in [2.05, 4.69) is 17.3 Å². The van der Waals surface area contributed by atoms with Crippen LogP contribution in [0.3, 0.4) is 0 Å². The van der Waals surface area contributed by atoms with Gasteiger partial charge in [-0.1, -0.05) is 12.1 Å². The monoisotopic (exact) mass is 306 g/mol. The van der Waals surface area contributed by atoms with E-state index < -0.39 is 0 Å². The Balaban J connectivity index is 1.63. The first-order valence-electron chi connectivity index (χ1n) is 7.87. The van der Waals surface area contributed by atoms with Crippen molar-refractivity contribution in [1.29, 1.82) is 0 Å². The third-order valence-corrected chi connectivity index (χ3v) is 3.91. The number of benzene rings is 1. The van der Waals surface area contributed by atoms with Crippen molar-refractivity contribution >= 4 is 5.91 Å². The number of nitrogens with one attached hydrogen (secondary N) is 1. The summed E-state index contributed by atoms with van der Waals surface area (Å²) in [5.74, 6) is 0.920. The van der Waals surface area contributed by atoms with Crippen LogP contribution in [0.5, 0.6) is 5.75 Å². The van der Waals surface area contributed by atoms with Gasteiger partial charge in [0, 0.05) is 26.1 Å². The Kier molecular flexibility index (Phi) is 6.68. The van der Waals surface area contributed by atoms with Crippen molar-refractivity contribution in [1.82, 2.24) is 10.2 Å². The van der Waals surface area contributed by atoms with Gasteiger partial charge in [0.15, 0.2) is 0 Å². The van der Waals surface area contributed by atoms with Crippen molar-refractivity contribution in [2.24, 2.45) is 0 Å². The normalized spacial score (nSPS) is 18.9. The van der Waals surface area contributed by atoms with Crippen LogP contribution in [0.2, 0.25) is 0 Å². The molecule has 0 spiro atoms. The number of ether oxygens (including phenoxy) is 2. The maximum atomic E-state index is 11.9. The lowest BCUT2D eigenvalue weighted by molar-refractivity contribution is -0.121. The number of amides is 1. The Labute approximate surface area is 132 Å². The van der Waals surface area contributed by atoms with E-state index in [4.69, 9.17) is 9.47 Å². The molecule has 1 aromatic carbocycles. The molecule has 0 aliphatic carbocycles. The van der Waals surface area contributed by atoms with Gasteiger partial charge in [0.05, 0.1) is 19.8 Å². The van der Waals surface area contributed by atoms with Crippen LogP contribution in [-0.2, 0) is 16.0 Å². The molecule has 122 valence electrons. The molecule has 5 heteroatoms. The number of aryl methyl sites for hydroxylation is 1. The summed E-state index contributed by atoms with van der Waals surface area (Å²) < 4.78 is 10.9. The van der Waals surface area contributed by atoms with E-state index in [1.807, 2.05) is 24.3 Å². The third-order valence-electron chi connectivity index (χ3n) is 3.91. The van der Waals surface area contributed by atoms with Gasteiger partial charge in [-0.25, -0.2) is 0 Å². The highest BCUT2D eigenvalue weighted by Crippen LogP contribution is 2.13. The van der Waals surface area contributed by atoms with Gasteiger partial charge in [-0.3, -0.25) is 4.79 Å². The minimum absolute atomic E-state index is 0.0898. The summed E-state index contributed by atoms with van der Waals surface area (Å²) >= 11 is 0. The number of carbonyl (C=O) groups excluding carboxylic acids is 1. The van der Waals surface area contributed by atoms with Gasteiger partial charge in [0.25, 0.3) is 0 Å². The number of morpholine rings is 1. The maximum Gasteiger partial charge on any atom is 0.220 e. The molecule has 1 aliphatic heterocycles. The van der Waals surface area contributed by atoms with Crippen LogP contribution in [0.15, 0.2) is 24.3 Å². The van der Waals surface area contributed by atoms with Crippen LogP contribution in [0.25, 0.3) is 0 Å². The highest BCUT2D eigenvalue weighted by Gasteiger charge is 2.17. The summed E-state index contributed by atoms with van der Waals surface area (Å²) in [4.78, 5) is 14.1. The average molecular weight is 306 g/mol. The Hall–Kier alpha value is -1.59. The van der Waals surface area contributed by atoms with E-state index in [0.717, 1.165) is 43.9 Å². The molecule has 0 bridgehead atoms. The first kappa shape index (κ1) is 16.8. The van der Waals surface area contributed by atoms with Crippen LogP contribution in [0.4, 0.5) is 0 Å². The minimum atomic E-state index is 0.0898. The van der Waals surface area contributed by atoms with Crippen molar-refractivity contribution in [2.75, 3.05) is 40.4 Å². The molecule has 1 unspecified atom stereocenters. The van der Waals surface area contributed by atoms with Gasteiger partial charge in [0.2, 0.25) is 5.91 Å². The van der Waals surface area contributed by atoms with Gasteiger partial charge in [0.1, 0.15) is 5.75 Å². The van der Waals surface area contributed by atoms with Gasteiger partial charge in [-0.05, 0) is 37.6 Å². The molecule has 1 fully saturated rings. The average Bonchev–Trinajstić information content (AvgIpc) is 2.53. The maximum absolute atomic E-state index is 11.9. The second-order valence-corrected chi connectivity index (χ2v) is 5.75. The molecule has 22 heavy (non-hydrogen) atoms. The fraction of sp³-hybridized carbons (Fsp3) is 0.588. The zero-order valence-corrected chi connectivity index (χ0v) is 13.5. The van der Waals surface area contributed by atoms with Gasteiger partial charge >= 0.3 is 0 Å². The number of hydrogen-bond donors (Lipinski definition) is 1. The summed E-state index contributed by atoms with van der Waals surface area (Å²) in [5, 5.41) is 2.97. The molecule has 1 saturated heterocycles. The third kappa shape index (κ3) is 5.66. The van der Waals surface area contributed by atoms with E-state index in [1.54, 1.807) is 7.11 Å². The lowest BCUT2D eigenvalue weighted by Crippen LogP contribution is -2.41. The van der Waals surface area contributed by atoms with Crippen molar-refractivity contribution in [2.45, 2.75) is 25.4 Å². The second-order valence-electron chi connectivity index (χ2n) is 5.75. The molecule has 1 heterocycles. The number of methoxy groups -OCH3 is 1. The molecule has 1 N–H and O–H groups in total. The number of likely N-dealkylation sites (N-methyl/N-ethyl adjacent to an activating group) is 1. The number of hydrogen-bond acceptors (Lipinski definition) is 4. The largest absolute Gasteiger partial charge is 0.497 e. The SMILES string of the molecule is COc1cccc(CCC(=O)NCCC2CN(C)CCO2)c1.